The molecule has 2 aliphatic heterocycles. The molecule has 1 aromatic carbocycles. The Morgan fingerprint density at radius 1 is 1.26 bits per heavy atom. The topological polar surface area (TPSA) is 129 Å². The van der Waals surface area contributed by atoms with Gasteiger partial charge >= 0.3 is 6.09 Å². The van der Waals surface area contributed by atoms with E-state index in [1.165, 1.54) is 33.1 Å². The molecule has 3 heterocycles. The summed E-state index contributed by atoms with van der Waals surface area (Å²) < 4.78 is 53.1. The maximum Gasteiger partial charge on any atom is 0.409 e. The predicted molar refractivity (Wildman–Crippen MR) is 155 cm³/mol. The third-order valence-corrected chi connectivity index (χ3v) is 6.81. The highest BCUT2D eigenvalue weighted by Crippen LogP contribution is 2.39. The molecule has 4 rings (SSSR count). The van der Waals surface area contributed by atoms with E-state index in [4.69, 9.17) is 31.2 Å². The fourth-order valence-electron chi connectivity index (χ4n) is 4.79. The third kappa shape index (κ3) is 8.69. The quantitative estimate of drug-likeness (QED) is 0.254. The second-order valence-electron chi connectivity index (χ2n) is 10.1. The molecule has 14 heteroatoms. The second kappa shape index (κ2) is 14.7. The molecule has 0 saturated carbocycles. The number of aromatic nitrogens is 1. The van der Waals surface area contributed by atoms with E-state index in [0.29, 0.717) is 48.2 Å². The lowest BCUT2D eigenvalue weighted by Gasteiger charge is -2.31. The van der Waals surface area contributed by atoms with Gasteiger partial charge in [0.1, 0.15) is 29.1 Å². The van der Waals surface area contributed by atoms with E-state index in [9.17, 15) is 23.1 Å². The van der Waals surface area contributed by atoms with Crippen molar-refractivity contribution in [2.24, 2.45) is 4.99 Å². The van der Waals surface area contributed by atoms with E-state index in [1.54, 1.807) is 13.0 Å². The number of nitrogens with zero attached hydrogens (tertiary/aromatic N) is 3. The number of carbonyl (C=O) groups is 1. The van der Waals surface area contributed by atoms with Crippen molar-refractivity contribution in [2.75, 3.05) is 33.9 Å². The zero-order valence-corrected chi connectivity index (χ0v) is 25.2. The van der Waals surface area contributed by atoms with Crippen LogP contribution in [0.15, 0.2) is 58.6 Å². The first-order chi connectivity index (χ1) is 20.4. The molecule has 0 radical (unpaired) electrons. The minimum atomic E-state index is -1.62. The number of amides is 1. The molecule has 4 N–H and O–H groups in total. The van der Waals surface area contributed by atoms with Gasteiger partial charge in [0, 0.05) is 74.6 Å². The summed E-state index contributed by atoms with van der Waals surface area (Å²) in [5.74, 6) is -3.43. The largest absolute Gasteiger partial charge is 0.497 e. The number of aliphatic hydroxyl groups is 2. The summed E-state index contributed by atoms with van der Waals surface area (Å²) in [7, 11) is 2.49. The fourth-order valence-corrected chi connectivity index (χ4v) is 5.06. The van der Waals surface area contributed by atoms with Gasteiger partial charge in [0.05, 0.1) is 13.3 Å². The highest BCUT2D eigenvalue weighted by molar-refractivity contribution is 6.31. The third-order valence-electron chi connectivity index (χ3n) is 6.48. The van der Waals surface area contributed by atoms with Gasteiger partial charge in [-0.25, -0.2) is 22.9 Å². The molecule has 0 spiro atoms. The molecule has 1 unspecified atom stereocenters. The number of hydrogen-bond donors (Lipinski definition) is 4. The van der Waals surface area contributed by atoms with Gasteiger partial charge < -0.3 is 30.3 Å². The summed E-state index contributed by atoms with van der Waals surface area (Å²) in [6.45, 7) is 5.79. The Morgan fingerprint density at radius 3 is 2.58 bits per heavy atom. The predicted octanol–water partition coefficient (Wildman–Crippen LogP) is 4.19. The number of benzene rings is 1. The van der Waals surface area contributed by atoms with Crippen molar-refractivity contribution in [3.05, 3.63) is 87.3 Å². The molecule has 0 aliphatic carbocycles. The lowest BCUT2D eigenvalue weighted by Crippen LogP contribution is -2.42. The number of likely N-dealkylation sites (tertiary alicyclic amines) is 1. The van der Waals surface area contributed by atoms with Gasteiger partial charge in [0.2, 0.25) is 5.79 Å². The number of carbonyl (C=O) groups excluding carboxylic acids is 1. The van der Waals surface area contributed by atoms with Crippen molar-refractivity contribution < 1.29 is 37.7 Å². The van der Waals surface area contributed by atoms with Crippen LogP contribution >= 0.6 is 11.6 Å². The van der Waals surface area contributed by atoms with Gasteiger partial charge in [-0.15, -0.1) is 0 Å². The van der Waals surface area contributed by atoms with E-state index < -0.39 is 35.4 Å². The first-order valence-corrected chi connectivity index (χ1v) is 13.7. The highest BCUT2D eigenvalue weighted by atomic mass is 35.5. The first-order valence-electron chi connectivity index (χ1n) is 13.3. The van der Waals surface area contributed by atoms with Gasteiger partial charge in [-0.05, 0) is 31.6 Å². The van der Waals surface area contributed by atoms with Crippen molar-refractivity contribution >= 4 is 23.5 Å². The monoisotopic (exact) mass is 625 g/mol. The fraction of sp³-hybridized carbons (Fsp3) is 0.414. The number of halogens is 4. The van der Waals surface area contributed by atoms with Gasteiger partial charge in [-0.3, -0.25) is 9.89 Å². The highest BCUT2D eigenvalue weighted by Gasteiger charge is 2.34. The van der Waals surface area contributed by atoms with Crippen LogP contribution in [0.1, 0.15) is 44.5 Å². The van der Waals surface area contributed by atoms with E-state index in [-0.39, 0.29) is 29.1 Å². The lowest BCUT2D eigenvalue weighted by molar-refractivity contribution is -0.131. The van der Waals surface area contributed by atoms with Gasteiger partial charge in [0.15, 0.2) is 11.7 Å². The number of allylic oxidation sites excluding steroid dienone is 1. The number of amidine groups is 1. The number of nitrogens with one attached hydrogen (secondary N) is 2. The molecule has 0 bridgehead atoms. The first kappa shape index (κ1) is 33.8. The second-order valence-corrected chi connectivity index (χ2v) is 10.5. The molecule has 43 heavy (non-hydrogen) atoms. The summed E-state index contributed by atoms with van der Waals surface area (Å²) in [6, 6.07) is 3.50. The van der Waals surface area contributed by atoms with Crippen LogP contribution in [0.2, 0.25) is 5.02 Å². The minimum Gasteiger partial charge on any atom is -0.497 e. The SMILES string of the molecule is C/C=C(\OC)C1=C(CN2CC[C@H](NC(=O)OC(C)(C)O)C2)NC(c2ncc(F)cc2F)=NC1c1ccc(F)cc1Cl.CO. The summed E-state index contributed by atoms with van der Waals surface area (Å²) in [6.07, 6.45) is 2.48. The van der Waals surface area contributed by atoms with Crippen molar-refractivity contribution in [3.8, 4) is 0 Å². The average molecular weight is 626 g/mol. The van der Waals surface area contributed by atoms with Crippen LogP contribution in [0.3, 0.4) is 0 Å². The van der Waals surface area contributed by atoms with E-state index in [2.05, 4.69) is 15.6 Å². The van der Waals surface area contributed by atoms with Crippen molar-refractivity contribution in [3.63, 3.8) is 0 Å². The Hall–Kier alpha value is -3.65. The summed E-state index contributed by atoms with van der Waals surface area (Å²) in [5, 5.41) is 22.7. The van der Waals surface area contributed by atoms with E-state index >= 15 is 0 Å². The summed E-state index contributed by atoms with van der Waals surface area (Å²) in [4.78, 5) is 22.8. The number of aliphatic hydroxyl groups excluding tert-OH is 1. The number of pyridine rings is 1. The van der Waals surface area contributed by atoms with Crippen LogP contribution in [0.5, 0.6) is 0 Å². The molecule has 2 atom stereocenters. The van der Waals surface area contributed by atoms with Crippen LogP contribution in [0.4, 0.5) is 18.0 Å². The van der Waals surface area contributed by atoms with Crippen LogP contribution in [0.25, 0.3) is 0 Å². The number of rotatable bonds is 8. The number of alkyl carbamates (subject to hydrolysis) is 1. The Balaban J connectivity index is 0.00000248. The summed E-state index contributed by atoms with van der Waals surface area (Å²) >= 11 is 6.46. The molecular formula is C29H35ClF3N5O5. The van der Waals surface area contributed by atoms with Crippen molar-refractivity contribution in [2.45, 2.75) is 45.1 Å². The molecule has 1 fully saturated rings. The Morgan fingerprint density at radius 2 is 1.98 bits per heavy atom. The molecule has 234 valence electrons. The average Bonchev–Trinajstić information content (AvgIpc) is 3.36. The number of methoxy groups -OCH3 is 1. The number of hydrogen-bond acceptors (Lipinski definition) is 9. The normalized spacial score (nSPS) is 19.2. The van der Waals surface area contributed by atoms with Crippen molar-refractivity contribution in [1.82, 2.24) is 20.5 Å². The molecule has 2 aromatic rings. The lowest BCUT2D eigenvalue weighted by atomic mass is 9.93. The maximum absolute atomic E-state index is 14.9. The number of aliphatic imine (C=N–C) groups is 1. The summed E-state index contributed by atoms with van der Waals surface area (Å²) in [5.41, 5.74) is 1.38. The van der Waals surface area contributed by atoms with E-state index in [0.717, 1.165) is 19.4 Å². The Bertz CT molecular complexity index is 1410. The molecular weight excluding hydrogens is 591 g/mol. The smallest absolute Gasteiger partial charge is 0.409 e. The maximum atomic E-state index is 14.9. The van der Waals surface area contributed by atoms with Gasteiger partial charge in [-0.2, -0.15) is 0 Å². The van der Waals surface area contributed by atoms with Crippen LogP contribution in [-0.2, 0) is 9.47 Å². The number of ether oxygens (including phenoxy) is 2. The van der Waals surface area contributed by atoms with Gasteiger partial charge in [0.25, 0.3) is 0 Å². The van der Waals surface area contributed by atoms with Crippen LogP contribution in [-0.4, -0.2) is 77.7 Å². The zero-order valence-electron chi connectivity index (χ0n) is 24.4. The molecule has 1 saturated heterocycles. The van der Waals surface area contributed by atoms with Gasteiger partial charge in [-0.1, -0.05) is 17.7 Å². The molecule has 1 aromatic heterocycles. The zero-order chi connectivity index (χ0) is 31.9. The Labute approximate surface area is 252 Å². The minimum absolute atomic E-state index is 0.0285. The standard InChI is InChI=1S/C28H31ClF3N5O4.CH4O/c1-5-22(40-4)23-21(14-37-9-8-17(13-37)34-27(38)41-28(2,3)39)35-26(25-20(32)11-16(31)12-33-25)36-24(23)18-7-6-15(30)10-19(18)29;1-2/h5-7,10-12,17,24,39H,8-9,13-14H2,1-4H3,(H,34,38)(H,35,36);2H,1H3/b22-5-;/t17-,24?;/m0./s1. The molecule has 10 nitrogen and oxygen atoms in total. The molecule has 2 aliphatic rings. The van der Waals surface area contributed by atoms with Crippen LogP contribution < -0.4 is 10.6 Å². The Kier molecular flexibility index (Phi) is 11.6. The van der Waals surface area contributed by atoms with E-state index in [1.807, 2.05) is 4.90 Å². The van der Waals surface area contributed by atoms with Crippen LogP contribution in [0, 0.1) is 17.5 Å². The molecule has 1 amide bonds. The van der Waals surface area contributed by atoms with Crippen molar-refractivity contribution in [1.29, 1.82) is 0 Å².